The van der Waals surface area contributed by atoms with Gasteiger partial charge in [0.05, 0.1) is 11.9 Å². The van der Waals surface area contributed by atoms with E-state index in [1.807, 2.05) is 31.2 Å². The molecule has 1 aliphatic rings. The van der Waals surface area contributed by atoms with E-state index in [-0.39, 0.29) is 11.9 Å². The van der Waals surface area contributed by atoms with E-state index < -0.39 is 0 Å². The highest BCUT2D eigenvalue weighted by atomic mass is 79.9. The summed E-state index contributed by atoms with van der Waals surface area (Å²) in [6.45, 7) is 2.69. The molecule has 1 aliphatic heterocycles. The Morgan fingerprint density at radius 2 is 2.22 bits per heavy atom. The summed E-state index contributed by atoms with van der Waals surface area (Å²) in [5, 5.41) is 12.0. The maximum Gasteiger partial charge on any atom is 0.249 e. The Bertz CT molecular complexity index is 782. The summed E-state index contributed by atoms with van der Waals surface area (Å²) in [5.41, 5.74) is 3.12. The molecule has 0 aliphatic carbocycles. The minimum atomic E-state index is -0.270. The van der Waals surface area contributed by atoms with E-state index in [1.165, 1.54) is 0 Å². The van der Waals surface area contributed by atoms with Crippen LogP contribution in [0.2, 0.25) is 0 Å². The van der Waals surface area contributed by atoms with Crippen molar-refractivity contribution in [2.75, 3.05) is 16.8 Å². The van der Waals surface area contributed by atoms with Crippen LogP contribution in [0.4, 0.5) is 11.4 Å². The number of carbonyl (C=O) groups is 1. The van der Waals surface area contributed by atoms with Gasteiger partial charge in [-0.1, -0.05) is 15.9 Å². The number of hydrogen-bond donors (Lipinski definition) is 1. The van der Waals surface area contributed by atoms with E-state index in [4.69, 9.17) is 5.26 Å². The molecule has 1 aromatic carbocycles. The predicted octanol–water partition coefficient (Wildman–Crippen LogP) is 3.24. The summed E-state index contributed by atoms with van der Waals surface area (Å²) in [7, 11) is 0. The van der Waals surface area contributed by atoms with Crippen molar-refractivity contribution in [1.82, 2.24) is 4.98 Å². The van der Waals surface area contributed by atoms with Gasteiger partial charge in [-0.2, -0.15) is 5.26 Å². The van der Waals surface area contributed by atoms with E-state index in [9.17, 15) is 4.79 Å². The summed E-state index contributed by atoms with van der Waals surface area (Å²) in [6.07, 6.45) is 2.31. The zero-order valence-corrected chi connectivity index (χ0v) is 14.2. The van der Waals surface area contributed by atoms with Crippen molar-refractivity contribution in [1.29, 1.82) is 5.26 Å². The number of nitrogens with zero attached hydrogens (tertiary/aromatic N) is 3. The fraction of sp³-hybridized carbons (Fsp3) is 0.235. The molecule has 1 fully saturated rings. The quantitative estimate of drug-likeness (QED) is 0.900. The average molecular weight is 371 g/mol. The molecular formula is C17H15BrN4O. The van der Waals surface area contributed by atoms with Gasteiger partial charge in [0.25, 0.3) is 0 Å². The van der Waals surface area contributed by atoms with Crippen LogP contribution in [0.1, 0.15) is 17.7 Å². The van der Waals surface area contributed by atoms with Crippen LogP contribution >= 0.6 is 15.9 Å². The monoisotopic (exact) mass is 370 g/mol. The van der Waals surface area contributed by atoms with Crippen LogP contribution in [0.15, 0.2) is 41.0 Å². The fourth-order valence-corrected chi connectivity index (χ4v) is 2.86. The molecule has 1 saturated heterocycles. The van der Waals surface area contributed by atoms with Gasteiger partial charge in [0.15, 0.2) is 0 Å². The Kier molecular flexibility index (Phi) is 4.30. The van der Waals surface area contributed by atoms with Gasteiger partial charge in [0.2, 0.25) is 5.91 Å². The van der Waals surface area contributed by atoms with Crippen LogP contribution in [-0.2, 0) is 4.79 Å². The zero-order chi connectivity index (χ0) is 16.4. The molecule has 1 unspecified atom stereocenters. The molecule has 1 aromatic heterocycles. The number of halogens is 1. The second kappa shape index (κ2) is 6.39. The Morgan fingerprint density at radius 3 is 2.87 bits per heavy atom. The maximum absolute atomic E-state index is 12.6. The number of anilines is 2. The maximum atomic E-state index is 12.6. The minimum Gasteiger partial charge on any atom is -0.372 e. The van der Waals surface area contributed by atoms with Gasteiger partial charge >= 0.3 is 0 Å². The molecule has 23 heavy (non-hydrogen) atoms. The number of nitrogens with one attached hydrogen (secondary N) is 1. The molecule has 0 saturated carbocycles. The highest BCUT2D eigenvalue weighted by Gasteiger charge is 2.32. The van der Waals surface area contributed by atoms with Crippen LogP contribution in [0.5, 0.6) is 0 Å². The van der Waals surface area contributed by atoms with Crippen molar-refractivity contribution in [3.63, 3.8) is 0 Å². The molecule has 0 radical (unpaired) electrons. The molecule has 1 atom stereocenters. The van der Waals surface area contributed by atoms with Gasteiger partial charge in [0, 0.05) is 16.7 Å². The predicted molar refractivity (Wildman–Crippen MR) is 92.2 cm³/mol. The highest BCUT2D eigenvalue weighted by Crippen LogP contribution is 2.27. The first kappa shape index (κ1) is 15.5. The first-order chi connectivity index (χ1) is 11.1. The lowest BCUT2D eigenvalue weighted by molar-refractivity contribution is -0.117. The van der Waals surface area contributed by atoms with Crippen molar-refractivity contribution in [3.8, 4) is 6.07 Å². The number of aryl methyl sites for hydroxylation is 1. The number of nitriles is 1. The second-order valence-electron chi connectivity index (χ2n) is 5.45. The number of aromatic nitrogens is 1. The third-order valence-electron chi connectivity index (χ3n) is 3.88. The minimum absolute atomic E-state index is 0.0519. The molecule has 3 rings (SSSR count). The van der Waals surface area contributed by atoms with E-state index in [0.29, 0.717) is 12.2 Å². The second-order valence-corrected chi connectivity index (χ2v) is 6.31. The molecule has 1 N–H and O–H groups in total. The lowest BCUT2D eigenvalue weighted by atomic mass is 10.2. The number of amides is 1. The Balaban J connectivity index is 1.73. The molecule has 2 heterocycles. The smallest absolute Gasteiger partial charge is 0.249 e. The van der Waals surface area contributed by atoms with Crippen LogP contribution < -0.4 is 10.2 Å². The summed E-state index contributed by atoms with van der Waals surface area (Å²) in [4.78, 5) is 18.4. The normalized spacial score (nSPS) is 17.2. The lowest BCUT2D eigenvalue weighted by Gasteiger charge is -2.18. The Hall–Kier alpha value is -2.39. The third-order valence-corrected chi connectivity index (χ3v) is 4.77. The summed E-state index contributed by atoms with van der Waals surface area (Å²) >= 11 is 3.48. The Labute approximate surface area is 143 Å². The van der Waals surface area contributed by atoms with Crippen LogP contribution in [0, 0.1) is 18.3 Å². The topological polar surface area (TPSA) is 69.0 Å². The van der Waals surface area contributed by atoms with Gasteiger partial charge < -0.3 is 10.2 Å². The van der Waals surface area contributed by atoms with Gasteiger partial charge in [-0.05, 0) is 49.2 Å². The van der Waals surface area contributed by atoms with Crippen molar-refractivity contribution in [2.45, 2.75) is 19.4 Å². The first-order valence-electron chi connectivity index (χ1n) is 7.28. The van der Waals surface area contributed by atoms with Crippen molar-refractivity contribution < 1.29 is 4.79 Å². The molecule has 0 bridgehead atoms. The van der Waals surface area contributed by atoms with E-state index in [1.54, 1.807) is 23.2 Å². The van der Waals surface area contributed by atoms with E-state index >= 15 is 0 Å². The lowest BCUT2D eigenvalue weighted by Crippen LogP contribution is -2.33. The molecule has 5 nitrogen and oxygen atoms in total. The number of carbonyl (C=O) groups excluding carboxylic acids is 1. The van der Waals surface area contributed by atoms with E-state index in [2.05, 4.69) is 26.2 Å². The standard InChI is InChI=1S/C17H15BrN4O/c1-11-8-14(4-5-15(11)18)22-7-6-16(17(22)23)21-13-3-2-12(9-19)20-10-13/h2-5,8,10,16,21H,6-7H2,1H3. The van der Waals surface area contributed by atoms with Crippen molar-refractivity contribution >= 4 is 33.2 Å². The molecule has 0 spiro atoms. The average Bonchev–Trinajstić information content (AvgIpc) is 2.92. The Morgan fingerprint density at radius 1 is 1.39 bits per heavy atom. The summed E-state index contributed by atoms with van der Waals surface area (Å²) in [5.74, 6) is 0.0519. The van der Waals surface area contributed by atoms with Crippen LogP contribution in [0.25, 0.3) is 0 Å². The SMILES string of the molecule is Cc1cc(N2CCC(Nc3ccc(C#N)nc3)C2=O)ccc1Br. The molecule has 6 heteroatoms. The van der Waals surface area contributed by atoms with Gasteiger partial charge in [-0.15, -0.1) is 0 Å². The van der Waals surface area contributed by atoms with Gasteiger partial charge in [0.1, 0.15) is 17.8 Å². The molecular weight excluding hydrogens is 356 g/mol. The highest BCUT2D eigenvalue weighted by molar-refractivity contribution is 9.10. The third kappa shape index (κ3) is 3.20. The van der Waals surface area contributed by atoms with Crippen molar-refractivity contribution in [2.24, 2.45) is 0 Å². The molecule has 1 amide bonds. The van der Waals surface area contributed by atoms with E-state index in [0.717, 1.165) is 27.8 Å². The molecule has 2 aromatic rings. The summed E-state index contributed by atoms with van der Waals surface area (Å²) in [6, 6.07) is 11.0. The number of benzene rings is 1. The van der Waals surface area contributed by atoms with Gasteiger partial charge in [-0.3, -0.25) is 4.79 Å². The first-order valence-corrected chi connectivity index (χ1v) is 8.08. The number of hydrogen-bond acceptors (Lipinski definition) is 4. The van der Waals surface area contributed by atoms with Crippen molar-refractivity contribution in [3.05, 3.63) is 52.3 Å². The van der Waals surface area contributed by atoms with Crippen LogP contribution in [0.3, 0.4) is 0 Å². The number of rotatable bonds is 3. The largest absolute Gasteiger partial charge is 0.372 e. The molecule has 116 valence electrons. The van der Waals surface area contributed by atoms with Gasteiger partial charge in [-0.25, -0.2) is 4.98 Å². The number of pyridine rings is 1. The summed E-state index contributed by atoms with van der Waals surface area (Å²) < 4.78 is 1.03. The fourth-order valence-electron chi connectivity index (χ4n) is 2.61. The van der Waals surface area contributed by atoms with Crippen LogP contribution in [-0.4, -0.2) is 23.5 Å². The zero-order valence-electron chi connectivity index (χ0n) is 12.6.